The Morgan fingerprint density at radius 3 is 2.56 bits per heavy atom. The predicted octanol–water partition coefficient (Wildman–Crippen LogP) is 4.80. The van der Waals surface area contributed by atoms with Crippen LogP contribution < -0.4 is 5.32 Å². The molecule has 1 atom stereocenters. The smallest absolute Gasteiger partial charge is 0.0456 e. The van der Waals surface area contributed by atoms with Crippen molar-refractivity contribution in [3.8, 4) is 0 Å². The van der Waals surface area contributed by atoms with E-state index in [0.717, 1.165) is 17.5 Å². The van der Waals surface area contributed by atoms with E-state index in [-0.39, 0.29) is 0 Å². The fraction of sp³-hybridized carbons (Fsp3) is 0.625. The maximum absolute atomic E-state index is 6.44. The highest BCUT2D eigenvalue weighted by atomic mass is 35.5. The van der Waals surface area contributed by atoms with Crippen molar-refractivity contribution in [2.24, 2.45) is 5.92 Å². The van der Waals surface area contributed by atoms with Gasteiger partial charge in [0.15, 0.2) is 0 Å². The van der Waals surface area contributed by atoms with Gasteiger partial charge in [-0.1, -0.05) is 37.4 Å². The Bertz CT molecular complexity index is 410. The summed E-state index contributed by atoms with van der Waals surface area (Å²) in [5.41, 5.74) is 3.91. The van der Waals surface area contributed by atoms with Crippen molar-refractivity contribution in [3.05, 3.63) is 33.8 Å². The van der Waals surface area contributed by atoms with Crippen LogP contribution in [0.1, 0.15) is 55.3 Å². The molecule has 0 bridgehead atoms. The molecule has 100 valence electrons. The fourth-order valence-electron chi connectivity index (χ4n) is 2.40. The first-order chi connectivity index (χ1) is 8.61. The van der Waals surface area contributed by atoms with E-state index >= 15 is 0 Å². The van der Waals surface area contributed by atoms with Gasteiger partial charge in [0, 0.05) is 11.1 Å². The van der Waals surface area contributed by atoms with Crippen LogP contribution >= 0.6 is 11.6 Å². The van der Waals surface area contributed by atoms with Crippen LogP contribution in [0.3, 0.4) is 0 Å². The molecule has 0 amide bonds. The Morgan fingerprint density at radius 2 is 1.94 bits per heavy atom. The minimum atomic E-state index is 0.434. The van der Waals surface area contributed by atoms with Crippen LogP contribution in [-0.4, -0.2) is 6.54 Å². The maximum atomic E-state index is 6.44. The van der Waals surface area contributed by atoms with Gasteiger partial charge in [0.05, 0.1) is 0 Å². The molecule has 1 aromatic carbocycles. The monoisotopic (exact) mass is 265 g/mol. The van der Waals surface area contributed by atoms with Gasteiger partial charge in [-0.3, -0.25) is 0 Å². The van der Waals surface area contributed by atoms with E-state index in [2.05, 4.69) is 38.2 Å². The number of rotatable bonds is 6. The van der Waals surface area contributed by atoms with Crippen molar-refractivity contribution in [2.45, 2.75) is 52.5 Å². The second-order valence-electron chi connectivity index (χ2n) is 5.64. The summed E-state index contributed by atoms with van der Waals surface area (Å²) in [6.45, 7) is 7.58. The minimum Gasteiger partial charge on any atom is -0.310 e. The zero-order valence-corrected chi connectivity index (χ0v) is 12.5. The maximum Gasteiger partial charge on any atom is 0.0456 e. The average Bonchev–Trinajstić information content (AvgIpc) is 3.13. The van der Waals surface area contributed by atoms with Crippen LogP contribution in [-0.2, 0) is 0 Å². The summed E-state index contributed by atoms with van der Waals surface area (Å²) in [6.07, 6.45) is 5.20. The first-order valence-corrected chi connectivity index (χ1v) is 7.49. The number of nitrogens with one attached hydrogen (secondary N) is 1. The standard InChI is InChI=1S/C16H24ClN/c1-4-7-18-16(10-13-5-6-13)14-8-11(2)12(3)9-15(14)17/h8-9,13,16,18H,4-7,10H2,1-3H3. The molecule has 0 aliphatic heterocycles. The van der Waals surface area contributed by atoms with Gasteiger partial charge >= 0.3 is 0 Å². The van der Waals surface area contributed by atoms with Crippen molar-refractivity contribution >= 4 is 11.6 Å². The van der Waals surface area contributed by atoms with Gasteiger partial charge in [0.2, 0.25) is 0 Å². The van der Waals surface area contributed by atoms with Crippen LogP contribution in [0, 0.1) is 19.8 Å². The van der Waals surface area contributed by atoms with E-state index in [4.69, 9.17) is 11.6 Å². The topological polar surface area (TPSA) is 12.0 Å². The van der Waals surface area contributed by atoms with Crippen molar-refractivity contribution in [2.75, 3.05) is 6.54 Å². The third kappa shape index (κ3) is 3.49. The summed E-state index contributed by atoms with van der Waals surface area (Å²) in [4.78, 5) is 0. The summed E-state index contributed by atoms with van der Waals surface area (Å²) < 4.78 is 0. The number of benzene rings is 1. The van der Waals surface area contributed by atoms with E-state index in [1.165, 1.54) is 42.4 Å². The number of halogens is 1. The molecule has 0 radical (unpaired) electrons. The van der Waals surface area contributed by atoms with Crippen molar-refractivity contribution < 1.29 is 0 Å². The Morgan fingerprint density at radius 1 is 1.28 bits per heavy atom. The van der Waals surface area contributed by atoms with Gasteiger partial charge in [0.1, 0.15) is 0 Å². The molecule has 1 saturated carbocycles. The molecule has 18 heavy (non-hydrogen) atoms. The van der Waals surface area contributed by atoms with Gasteiger partial charge in [-0.05, 0) is 61.9 Å². The Balaban J connectivity index is 2.19. The van der Waals surface area contributed by atoms with E-state index in [0.29, 0.717) is 6.04 Å². The van der Waals surface area contributed by atoms with E-state index in [1.54, 1.807) is 0 Å². The second-order valence-corrected chi connectivity index (χ2v) is 6.05. The molecule has 0 saturated heterocycles. The molecular weight excluding hydrogens is 242 g/mol. The van der Waals surface area contributed by atoms with Crippen molar-refractivity contribution in [1.82, 2.24) is 5.32 Å². The molecule has 1 unspecified atom stereocenters. The van der Waals surface area contributed by atoms with E-state index in [9.17, 15) is 0 Å². The van der Waals surface area contributed by atoms with Gasteiger partial charge < -0.3 is 5.32 Å². The third-order valence-corrected chi connectivity index (χ3v) is 4.22. The Kier molecular flexibility index (Phi) is 4.69. The molecule has 1 fully saturated rings. The summed E-state index contributed by atoms with van der Waals surface area (Å²) in [7, 11) is 0. The van der Waals surface area contributed by atoms with Crippen LogP contribution in [0.25, 0.3) is 0 Å². The molecular formula is C16H24ClN. The summed E-state index contributed by atoms with van der Waals surface area (Å²) in [6, 6.07) is 4.82. The van der Waals surface area contributed by atoms with Gasteiger partial charge in [-0.15, -0.1) is 0 Å². The molecule has 0 heterocycles. The SMILES string of the molecule is CCCNC(CC1CC1)c1cc(C)c(C)cc1Cl. The van der Waals surface area contributed by atoms with E-state index < -0.39 is 0 Å². The summed E-state index contributed by atoms with van der Waals surface area (Å²) in [5, 5.41) is 4.58. The van der Waals surface area contributed by atoms with Crippen LogP contribution in [0.15, 0.2) is 12.1 Å². The lowest BCUT2D eigenvalue weighted by Gasteiger charge is -2.21. The average molecular weight is 266 g/mol. The van der Waals surface area contributed by atoms with Crippen LogP contribution in [0.5, 0.6) is 0 Å². The van der Waals surface area contributed by atoms with E-state index in [1.807, 2.05) is 0 Å². The normalized spacial score (nSPS) is 16.9. The molecule has 1 N–H and O–H groups in total. The number of hydrogen-bond acceptors (Lipinski definition) is 1. The molecule has 1 nitrogen and oxygen atoms in total. The Labute approximate surface area is 116 Å². The fourth-order valence-corrected chi connectivity index (χ4v) is 2.75. The number of hydrogen-bond donors (Lipinski definition) is 1. The zero-order valence-electron chi connectivity index (χ0n) is 11.7. The van der Waals surface area contributed by atoms with Gasteiger partial charge in [-0.2, -0.15) is 0 Å². The number of aryl methyl sites for hydroxylation is 2. The lowest BCUT2D eigenvalue weighted by atomic mass is 9.97. The second kappa shape index (κ2) is 6.08. The van der Waals surface area contributed by atoms with Crippen molar-refractivity contribution in [3.63, 3.8) is 0 Å². The molecule has 1 aromatic rings. The van der Waals surface area contributed by atoms with Crippen LogP contribution in [0.4, 0.5) is 0 Å². The zero-order chi connectivity index (χ0) is 13.1. The molecule has 2 rings (SSSR count). The molecule has 1 aliphatic carbocycles. The first-order valence-electron chi connectivity index (χ1n) is 7.11. The highest BCUT2D eigenvalue weighted by molar-refractivity contribution is 6.31. The predicted molar refractivity (Wildman–Crippen MR) is 79.3 cm³/mol. The quantitative estimate of drug-likeness (QED) is 0.779. The molecule has 2 heteroatoms. The van der Waals surface area contributed by atoms with Crippen LogP contribution in [0.2, 0.25) is 5.02 Å². The molecule has 0 spiro atoms. The minimum absolute atomic E-state index is 0.434. The summed E-state index contributed by atoms with van der Waals surface area (Å²) >= 11 is 6.44. The lowest BCUT2D eigenvalue weighted by Crippen LogP contribution is -2.23. The van der Waals surface area contributed by atoms with Gasteiger partial charge in [0.25, 0.3) is 0 Å². The molecule has 1 aliphatic rings. The van der Waals surface area contributed by atoms with Gasteiger partial charge in [-0.25, -0.2) is 0 Å². The Hall–Kier alpha value is -0.530. The summed E-state index contributed by atoms with van der Waals surface area (Å²) in [5.74, 6) is 0.914. The third-order valence-electron chi connectivity index (χ3n) is 3.90. The van der Waals surface area contributed by atoms with Crippen molar-refractivity contribution in [1.29, 1.82) is 0 Å². The lowest BCUT2D eigenvalue weighted by molar-refractivity contribution is 0.474. The first kappa shape index (κ1) is 13.9. The highest BCUT2D eigenvalue weighted by Gasteiger charge is 2.27. The highest BCUT2D eigenvalue weighted by Crippen LogP contribution is 2.39. The molecule has 0 aromatic heterocycles. The largest absolute Gasteiger partial charge is 0.310 e.